The molecule has 1 aromatic heterocycles. The van der Waals surface area contributed by atoms with Crippen LogP contribution in [0, 0.1) is 5.41 Å². The van der Waals surface area contributed by atoms with Crippen LogP contribution < -0.4 is 11.1 Å². The van der Waals surface area contributed by atoms with Gasteiger partial charge >= 0.3 is 0 Å². The molecule has 1 aliphatic rings. The van der Waals surface area contributed by atoms with E-state index in [1.165, 1.54) is 19.3 Å². The molecule has 1 atom stereocenters. The highest BCUT2D eigenvalue weighted by Crippen LogP contribution is 2.38. The molecule has 1 aliphatic carbocycles. The maximum absolute atomic E-state index is 5.79. The second kappa shape index (κ2) is 4.51. The highest BCUT2D eigenvalue weighted by atomic mass is 15.1. The number of rotatable bonds is 3. The van der Waals surface area contributed by atoms with Crippen molar-refractivity contribution >= 4 is 11.6 Å². The van der Waals surface area contributed by atoms with Crippen LogP contribution >= 0.6 is 0 Å². The van der Waals surface area contributed by atoms with Gasteiger partial charge in [-0.15, -0.1) is 0 Å². The number of nitrogens with zero attached hydrogens (tertiary/aromatic N) is 2. The Morgan fingerprint density at radius 2 is 2.24 bits per heavy atom. The first-order chi connectivity index (χ1) is 8.01. The first-order valence-corrected chi connectivity index (χ1v) is 6.41. The topological polar surface area (TPSA) is 63.8 Å². The van der Waals surface area contributed by atoms with Crippen molar-refractivity contribution in [2.75, 3.05) is 11.1 Å². The van der Waals surface area contributed by atoms with Crippen LogP contribution in [0.3, 0.4) is 0 Å². The van der Waals surface area contributed by atoms with Crippen LogP contribution in [0.1, 0.15) is 45.9 Å². The highest BCUT2D eigenvalue weighted by molar-refractivity contribution is 5.45. The Balaban J connectivity index is 2.15. The van der Waals surface area contributed by atoms with Gasteiger partial charge in [-0.3, -0.25) is 0 Å². The summed E-state index contributed by atoms with van der Waals surface area (Å²) >= 11 is 0. The van der Waals surface area contributed by atoms with E-state index in [-0.39, 0.29) is 0 Å². The molecule has 1 heterocycles. The zero-order valence-electron chi connectivity index (χ0n) is 11.0. The molecule has 1 unspecified atom stereocenters. The predicted octanol–water partition coefficient (Wildman–Crippen LogP) is 2.61. The molecule has 17 heavy (non-hydrogen) atoms. The van der Waals surface area contributed by atoms with Crippen molar-refractivity contribution in [1.29, 1.82) is 0 Å². The van der Waals surface area contributed by atoms with Crippen molar-refractivity contribution in [3.05, 3.63) is 11.9 Å². The number of aryl methyl sites for hydroxylation is 1. The van der Waals surface area contributed by atoms with Crippen molar-refractivity contribution < 1.29 is 0 Å². The molecule has 4 heteroatoms. The lowest BCUT2D eigenvalue weighted by molar-refractivity contribution is 0.349. The summed E-state index contributed by atoms with van der Waals surface area (Å²) in [5.74, 6) is 2.23. The van der Waals surface area contributed by atoms with Gasteiger partial charge in [-0.05, 0) is 18.3 Å². The van der Waals surface area contributed by atoms with Crippen molar-refractivity contribution in [3.8, 4) is 0 Å². The number of nitrogens with two attached hydrogens (primary N) is 1. The third-order valence-electron chi connectivity index (χ3n) is 3.69. The molecular weight excluding hydrogens is 212 g/mol. The minimum Gasteiger partial charge on any atom is -0.384 e. The minimum absolute atomic E-state index is 0.339. The van der Waals surface area contributed by atoms with Gasteiger partial charge in [0, 0.05) is 18.5 Å². The Morgan fingerprint density at radius 3 is 2.82 bits per heavy atom. The van der Waals surface area contributed by atoms with E-state index in [0.717, 1.165) is 18.1 Å². The number of aromatic nitrogens is 2. The molecule has 0 radical (unpaired) electrons. The van der Waals surface area contributed by atoms with Crippen molar-refractivity contribution in [2.45, 2.75) is 52.5 Å². The second-order valence-electron chi connectivity index (χ2n) is 5.53. The number of hydrogen-bond donors (Lipinski definition) is 2. The van der Waals surface area contributed by atoms with E-state index in [1.54, 1.807) is 0 Å². The van der Waals surface area contributed by atoms with Crippen molar-refractivity contribution in [1.82, 2.24) is 9.97 Å². The van der Waals surface area contributed by atoms with Gasteiger partial charge in [0.05, 0.1) is 0 Å². The van der Waals surface area contributed by atoms with Gasteiger partial charge in [0.2, 0.25) is 0 Å². The molecule has 1 fully saturated rings. The normalized spacial score (nSPS) is 22.6. The third kappa shape index (κ3) is 2.68. The van der Waals surface area contributed by atoms with Gasteiger partial charge in [-0.1, -0.05) is 27.2 Å². The summed E-state index contributed by atoms with van der Waals surface area (Å²) in [6.45, 7) is 6.66. The lowest BCUT2D eigenvalue weighted by atomic mass is 9.87. The van der Waals surface area contributed by atoms with Gasteiger partial charge in [0.25, 0.3) is 0 Å². The SMILES string of the molecule is CCc1nc(N)cc(NC2CCCC2(C)C)n1. The van der Waals surface area contributed by atoms with Gasteiger partial charge < -0.3 is 11.1 Å². The smallest absolute Gasteiger partial charge is 0.132 e. The number of nitrogens with one attached hydrogen (secondary N) is 1. The zero-order chi connectivity index (χ0) is 12.5. The largest absolute Gasteiger partial charge is 0.384 e. The monoisotopic (exact) mass is 234 g/mol. The van der Waals surface area contributed by atoms with E-state index in [1.807, 2.05) is 13.0 Å². The summed E-state index contributed by atoms with van der Waals surface area (Å²) in [4.78, 5) is 8.67. The van der Waals surface area contributed by atoms with Gasteiger partial charge in [0.15, 0.2) is 0 Å². The Labute approximate surface area is 103 Å². The van der Waals surface area contributed by atoms with E-state index in [2.05, 4.69) is 29.1 Å². The number of nitrogen functional groups attached to an aromatic ring is 1. The Kier molecular flexibility index (Phi) is 3.22. The van der Waals surface area contributed by atoms with Crippen LogP contribution in [0.4, 0.5) is 11.6 Å². The third-order valence-corrected chi connectivity index (χ3v) is 3.69. The molecule has 4 nitrogen and oxygen atoms in total. The summed E-state index contributed by atoms with van der Waals surface area (Å²) in [6.07, 6.45) is 4.57. The van der Waals surface area contributed by atoms with Crippen LogP contribution in [0.25, 0.3) is 0 Å². The fourth-order valence-electron chi connectivity index (χ4n) is 2.52. The molecule has 0 aliphatic heterocycles. The van der Waals surface area contributed by atoms with Crippen molar-refractivity contribution in [2.24, 2.45) is 5.41 Å². The summed E-state index contributed by atoms with van der Waals surface area (Å²) in [5.41, 5.74) is 6.13. The summed E-state index contributed by atoms with van der Waals surface area (Å²) in [7, 11) is 0. The number of hydrogen-bond acceptors (Lipinski definition) is 4. The first-order valence-electron chi connectivity index (χ1n) is 6.41. The summed E-state index contributed by atoms with van der Waals surface area (Å²) < 4.78 is 0. The fraction of sp³-hybridized carbons (Fsp3) is 0.692. The molecule has 1 aromatic rings. The van der Waals surface area contributed by atoms with Gasteiger partial charge in [-0.25, -0.2) is 9.97 Å². The van der Waals surface area contributed by atoms with E-state index in [4.69, 9.17) is 5.73 Å². The van der Waals surface area contributed by atoms with Crippen molar-refractivity contribution in [3.63, 3.8) is 0 Å². The molecule has 2 rings (SSSR count). The van der Waals surface area contributed by atoms with Crippen LogP contribution in [0.5, 0.6) is 0 Å². The quantitative estimate of drug-likeness (QED) is 0.843. The molecule has 0 aromatic carbocycles. The predicted molar refractivity (Wildman–Crippen MR) is 70.9 cm³/mol. The minimum atomic E-state index is 0.339. The number of anilines is 2. The molecule has 94 valence electrons. The van der Waals surface area contributed by atoms with Crippen LogP contribution in [0.15, 0.2) is 6.07 Å². The van der Waals surface area contributed by atoms with Crippen LogP contribution in [-0.2, 0) is 6.42 Å². The van der Waals surface area contributed by atoms with E-state index in [9.17, 15) is 0 Å². The second-order valence-corrected chi connectivity index (χ2v) is 5.53. The molecule has 0 saturated heterocycles. The first kappa shape index (κ1) is 12.1. The van der Waals surface area contributed by atoms with Gasteiger partial charge in [0.1, 0.15) is 17.5 Å². The van der Waals surface area contributed by atoms with E-state index in [0.29, 0.717) is 17.3 Å². The summed E-state index contributed by atoms with van der Waals surface area (Å²) in [5, 5.41) is 3.52. The average Bonchev–Trinajstić information content (AvgIpc) is 2.57. The molecule has 0 amide bonds. The van der Waals surface area contributed by atoms with E-state index >= 15 is 0 Å². The Bertz CT molecular complexity index is 400. The van der Waals surface area contributed by atoms with Gasteiger partial charge in [-0.2, -0.15) is 0 Å². The average molecular weight is 234 g/mol. The van der Waals surface area contributed by atoms with Crippen LogP contribution in [0.2, 0.25) is 0 Å². The zero-order valence-corrected chi connectivity index (χ0v) is 11.0. The van der Waals surface area contributed by atoms with Crippen LogP contribution in [-0.4, -0.2) is 16.0 Å². The molecule has 0 bridgehead atoms. The standard InChI is InChI=1S/C13H22N4/c1-4-11-16-10(14)8-12(17-11)15-9-6-5-7-13(9,2)3/h8-9H,4-7H2,1-3H3,(H3,14,15,16,17). The molecule has 0 spiro atoms. The fourth-order valence-corrected chi connectivity index (χ4v) is 2.52. The maximum atomic E-state index is 5.79. The molecule has 1 saturated carbocycles. The Morgan fingerprint density at radius 1 is 1.47 bits per heavy atom. The lowest BCUT2D eigenvalue weighted by Crippen LogP contribution is -2.31. The van der Waals surface area contributed by atoms with E-state index < -0.39 is 0 Å². The maximum Gasteiger partial charge on any atom is 0.132 e. The molecule has 3 N–H and O–H groups in total. The highest BCUT2D eigenvalue weighted by Gasteiger charge is 2.34. The Hall–Kier alpha value is -1.32. The summed E-state index contributed by atoms with van der Waals surface area (Å²) in [6, 6.07) is 2.31. The lowest BCUT2D eigenvalue weighted by Gasteiger charge is -2.28. The molecular formula is C13H22N4.